The predicted octanol–water partition coefficient (Wildman–Crippen LogP) is 3.81. The number of benzene rings is 1. The fraction of sp³-hybridized carbons (Fsp3) is 0.600. The molecule has 27 heavy (non-hydrogen) atoms. The summed E-state index contributed by atoms with van der Waals surface area (Å²) in [6, 6.07) is 3.94. The lowest BCUT2D eigenvalue weighted by atomic mass is 9.93. The summed E-state index contributed by atoms with van der Waals surface area (Å²) in [4.78, 5) is 25.9. The number of nitrogens with zero attached hydrogens (tertiary/aromatic N) is 1. The summed E-state index contributed by atoms with van der Waals surface area (Å²) in [6.45, 7) is 8.40. The Hall–Kier alpha value is -2.15. The normalized spacial score (nSPS) is 15.6. The maximum absolute atomic E-state index is 14.0. The molecular formula is C20H31FN4O2. The number of carbonyl (C=O) groups is 2. The lowest BCUT2D eigenvalue weighted by molar-refractivity contribution is -0.114. The second kappa shape index (κ2) is 10.3. The molecule has 0 aromatic heterocycles. The van der Waals surface area contributed by atoms with Crippen molar-refractivity contribution >= 4 is 23.3 Å². The van der Waals surface area contributed by atoms with Crippen molar-refractivity contribution in [1.82, 2.24) is 10.2 Å². The number of hydrogen-bond donors (Lipinski definition) is 3. The molecule has 0 unspecified atom stereocenters. The van der Waals surface area contributed by atoms with Gasteiger partial charge in [0.05, 0.1) is 5.69 Å². The van der Waals surface area contributed by atoms with Crippen molar-refractivity contribution in [2.24, 2.45) is 5.92 Å². The van der Waals surface area contributed by atoms with E-state index in [-0.39, 0.29) is 11.6 Å². The van der Waals surface area contributed by atoms with Crippen LogP contribution in [0.4, 0.5) is 20.6 Å². The molecule has 1 atom stereocenters. The molecule has 1 aromatic carbocycles. The summed E-state index contributed by atoms with van der Waals surface area (Å²) >= 11 is 0. The van der Waals surface area contributed by atoms with Gasteiger partial charge in [0, 0.05) is 25.2 Å². The predicted molar refractivity (Wildman–Crippen MR) is 106 cm³/mol. The molecule has 1 aliphatic heterocycles. The first kappa shape index (κ1) is 21.2. The van der Waals surface area contributed by atoms with E-state index in [1.54, 1.807) is 0 Å². The monoisotopic (exact) mass is 378 g/mol. The summed E-state index contributed by atoms with van der Waals surface area (Å²) in [6.07, 6.45) is 4.52. The highest BCUT2D eigenvalue weighted by molar-refractivity contribution is 5.92. The molecule has 0 radical (unpaired) electrons. The molecular weight excluding hydrogens is 347 g/mol. The van der Waals surface area contributed by atoms with E-state index in [1.165, 1.54) is 38.0 Å². The van der Waals surface area contributed by atoms with Crippen LogP contribution >= 0.6 is 0 Å². The quantitative estimate of drug-likeness (QED) is 0.644. The Labute approximate surface area is 160 Å². The summed E-state index contributed by atoms with van der Waals surface area (Å²) in [5.41, 5.74) is 0.477. The number of amides is 3. The number of rotatable bonds is 8. The van der Waals surface area contributed by atoms with Crippen molar-refractivity contribution in [2.75, 3.05) is 30.3 Å². The topological polar surface area (TPSA) is 73.5 Å². The Morgan fingerprint density at radius 2 is 1.81 bits per heavy atom. The zero-order chi connectivity index (χ0) is 19.8. The van der Waals surface area contributed by atoms with Gasteiger partial charge in [0.15, 0.2) is 0 Å². The number of carbonyl (C=O) groups excluding carboxylic acids is 2. The first-order valence-electron chi connectivity index (χ1n) is 9.80. The van der Waals surface area contributed by atoms with Crippen LogP contribution in [-0.4, -0.2) is 42.5 Å². The second-order valence-corrected chi connectivity index (χ2v) is 7.10. The second-order valence-electron chi connectivity index (χ2n) is 7.10. The van der Waals surface area contributed by atoms with E-state index < -0.39 is 11.8 Å². The van der Waals surface area contributed by atoms with Gasteiger partial charge in [-0.05, 0) is 50.0 Å². The highest BCUT2D eigenvalue weighted by atomic mass is 19.1. The van der Waals surface area contributed by atoms with Crippen LogP contribution in [0.25, 0.3) is 0 Å². The van der Waals surface area contributed by atoms with E-state index in [0.29, 0.717) is 24.2 Å². The van der Waals surface area contributed by atoms with Crippen molar-refractivity contribution in [3.63, 3.8) is 0 Å². The molecule has 1 heterocycles. The van der Waals surface area contributed by atoms with E-state index >= 15 is 0 Å². The van der Waals surface area contributed by atoms with Crippen LogP contribution in [-0.2, 0) is 4.79 Å². The van der Waals surface area contributed by atoms with Crippen LogP contribution in [0.15, 0.2) is 18.2 Å². The van der Waals surface area contributed by atoms with Gasteiger partial charge < -0.3 is 16.0 Å². The zero-order valence-corrected chi connectivity index (χ0v) is 16.5. The van der Waals surface area contributed by atoms with E-state index in [9.17, 15) is 14.0 Å². The lowest BCUT2D eigenvalue weighted by Crippen LogP contribution is -2.47. The molecule has 2 rings (SSSR count). The van der Waals surface area contributed by atoms with Gasteiger partial charge in [-0.3, -0.25) is 9.69 Å². The fourth-order valence-electron chi connectivity index (χ4n) is 3.77. The largest absolute Gasteiger partial charge is 0.336 e. The van der Waals surface area contributed by atoms with E-state index in [4.69, 9.17) is 0 Å². The highest BCUT2D eigenvalue weighted by Crippen LogP contribution is 2.23. The average Bonchev–Trinajstić information content (AvgIpc) is 3.15. The highest BCUT2D eigenvalue weighted by Gasteiger charge is 2.27. The maximum atomic E-state index is 14.0. The Morgan fingerprint density at radius 1 is 1.15 bits per heavy atom. The molecule has 6 nitrogen and oxygen atoms in total. The van der Waals surface area contributed by atoms with Crippen molar-refractivity contribution in [1.29, 1.82) is 0 Å². The molecule has 1 aromatic rings. The Morgan fingerprint density at radius 3 is 2.41 bits per heavy atom. The molecule has 3 amide bonds. The van der Waals surface area contributed by atoms with E-state index in [0.717, 1.165) is 25.9 Å². The van der Waals surface area contributed by atoms with Crippen molar-refractivity contribution in [3.05, 3.63) is 24.0 Å². The standard InChI is InChI=1S/C20H31FN4O2/c1-4-15(5-2)19(25-10-6-7-11-25)13-22-20(27)24-18-12-16(23-14(3)26)8-9-17(18)21/h8-9,12,15,19H,4-7,10-11,13H2,1-3H3,(H,23,26)(H2,22,24,27)/t19-/m1/s1. The third-order valence-electron chi connectivity index (χ3n) is 5.21. The minimum Gasteiger partial charge on any atom is -0.336 e. The SMILES string of the molecule is CCC(CC)[C@@H](CNC(=O)Nc1cc(NC(C)=O)ccc1F)N1CCCC1. The molecule has 3 N–H and O–H groups in total. The smallest absolute Gasteiger partial charge is 0.319 e. The van der Waals surface area contributed by atoms with Crippen molar-refractivity contribution in [3.8, 4) is 0 Å². The number of halogens is 1. The molecule has 0 bridgehead atoms. The lowest BCUT2D eigenvalue weighted by Gasteiger charge is -2.33. The van der Waals surface area contributed by atoms with Crippen LogP contribution in [0, 0.1) is 11.7 Å². The summed E-state index contributed by atoms with van der Waals surface area (Å²) in [7, 11) is 0. The molecule has 1 saturated heterocycles. The van der Waals surface area contributed by atoms with Crippen molar-refractivity contribution in [2.45, 2.75) is 52.5 Å². The third-order valence-corrected chi connectivity index (χ3v) is 5.21. The van der Waals surface area contributed by atoms with Crippen molar-refractivity contribution < 1.29 is 14.0 Å². The van der Waals surface area contributed by atoms with Gasteiger partial charge in [-0.25, -0.2) is 9.18 Å². The van der Waals surface area contributed by atoms with Gasteiger partial charge in [-0.2, -0.15) is 0 Å². The Bertz CT molecular complexity index is 641. The maximum Gasteiger partial charge on any atom is 0.319 e. The summed E-state index contributed by atoms with van der Waals surface area (Å²) in [5.74, 6) is -0.283. The minimum absolute atomic E-state index is 0.0407. The van der Waals surface area contributed by atoms with Gasteiger partial charge in [0.25, 0.3) is 0 Å². The Balaban J connectivity index is 1.98. The zero-order valence-electron chi connectivity index (χ0n) is 16.5. The summed E-state index contributed by atoms with van der Waals surface area (Å²) in [5, 5.41) is 8.03. The van der Waals surface area contributed by atoms with Crippen LogP contribution in [0.2, 0.25) is 0 Å². The number of urea groups is 1. The average molecular weight is 378 g/mol. The van der Waals surface area contributed by atoms with Gasteiger partial charge in [0.1, 0.15) is 5.82 Å². The number of nitrogens with one attached hydrogen (secondary N) is 3. The van der Waals surface area contributed by atoms with Gasteiger partial charge in [-0.1, -0.05) is 26.7 Å². The van der Waals surface area contributed by atoms with E-state index in [1.807, 2.05) is 0 Å². The molecule has 0 saturated carbocycles. The molecule has 0 aliphatic carbocycles. The van der Waals surface area contributed by atoms with Gasteiger partial charge in [0.2, 0.25) is 5.91 Å². The Kier molecular flexibility index (Phi) is 8.03. The van der Waals surface area contributed by atoms with Gasteiger partial charge >= 0.3 is 6.03 Å². The molecule has 7 heteroatoms. The van der Waals surface area contributed by atoms with Crippen LogP contribution in [0.1, 0.15) is 46.5 Å². The van der Waals surface area contributed by atoms with Gasteiger partial charge in [-0.15, -0.1) is 0 Å². The fourth-order valence-corrected chi connectivity index (χ4v) is 3.77. The van der Waals surface area contributed by atoms with Crippen LogP contribution < -0.4 is 16.0 Å². The number of anilines is 2. The molecule has 0 spiro atoms. The number of likely N-dealkylation sites (tertiary alicyclic amines) is 1. The molecule has 150 valence electrons. The first-order chi connectivity index (χ1) is 12.9. The first-order valence-corrected chi connectivity index (χ1v) is 9.80. The van der Waals surface area contributed by atoms with Crippen LogP contribution in [0.5, 0.6) is 0 Å². The van der Waals surface area contributed by atoms with E-state index in [2.05, 4.69) is 34.7 Å². The number of hydrogen-bond acceptors (Lipinski definition) is 3. The van der Waals surface area contributed by atoms with Crippen LogP contribution in [0.3, 0.4) is 0 Å². The summed E-state index contributed by atoms with van der Waals surface area (Å²) < 4.78 is 14.0. The third kappa shape index (κ3) is 6.20. The molecule has 1 aliphatic rings. The molecule has 1 fully saturated rings. The minimum atomic E-state index is -0.546.